The maximum Gasteiger partial charge on any atom is 0.163 e. The largest absolute Gasteiger partial charge is 0.368 e. The molecular formula is C12H15F2NO2S. The monoisotopic (exact) mass is 275 g/mol. The number of nitrogens with one attached hydrogen (secondary N) is 1. The Labute approximate surface area is 110 Å². The second-order valence-corrected chi connectivity index (χ2v) is 4.47. The van der Waals surface area contributed by atoms with E-state index in [0.29, 0.717) is 6.61 Å². The minimum Gasteiger partial charge on any atom is -0.368 e. The molecule has 0 radical (unpaired) electrons. The molecule has 1 heterocycles. The molecule has 1 fully saturated rings. The van der Waals surface area contributed by atoms with E-state index in [1.165, 1.54) is 6.07 Å². The molecule has 18 heavy (non-hydrogen) atoms. The van der Waals surface area contributed by atoms with Crippen molar-refractivity contribution in [1.29, 1.82) is 0 Å². The highest BCUT2D eigenvalue weighted by atomic mass is 32.1. The van der Waals surface area contributed by atoms with Gasteiger partial charge >= 0.3 is 0 Å². The fourth-order valence-corrected chi connectivity index (χ4v) is 2.36. The summed E-state index contributed by atoms with van der Waals surface area (Å²) >= 11 is 3.99. The standard InChI is InChI=1S/C12H15F2NO2S/c1-7(16-6-18)9-5-17-15-12(9)8-3-2-4-10(13)11(8)14/h2-4,7,9,12,15,18H,5-6H2,1H3. The molecule has 1 aliphatic rings. The zero-order valence-electron chi connectivity index (χ0n) is 9.90. The molecule has 3 nitrogen and oxygen atoms in total. The molecule has 2 rings (SSSR count). The van der Waals surface area contributed by atoms with Gasteiger partial charge in [0.15, 0.2) is 11.6 Å². The Morgan fingerprint density at radius 2 is 2.33 bits per heavy atom. The van der Waals surface area contributed by atoms with Crippen LogP contribution in [-0.2, 0) is 9.57 Å². The zero-order valence-corrected chi connectivity index (χ0v) is 10.8. The third kappa shape index (κ3) is 2.66. The van der Waals surface area contributed by atoms with E-state index in [-0.39, 0.29) is 23.5 Å². The Morgan fingerprint density at radius 3 is 3.06 bits per heavy atom. The van der Waals surface area contributed by atoms with E-state index < -0.39 is 17.7 Å². The molecule has 0 aromatic heterocycles. The summed E-state index contributed by atoms with van der Waals surface area (Å²) in [5.41, 5.74) is 2.98. The Morgan fingerprint density at radius 1 is 1.56 bits per heavy atom. The summed E-state index contributed by atoms with van der Waals surface area (Å²) in [4.78, 5) is 5.14. The van der Waals surface area contributed by atoms with Gasteiger partial charge in [-0.3, -0.25) is 0 Å². The summed E-state index contributed by atoms with van der Waals surface area (Å²) in [6, 6.07) is 3.70. The maximum absolute atomic E-state index is 13.7. The van der Waals surface area contributed by atoms with Gasteiger partial charge in [0, 0.05) is 11.5 Å². The molecule has 100 valence electrons. The number of hydrogen-bond acceptors (Lipinski definition) is 4. The predicted octanol–water partition coefficient (Wildman–Crippen LogP) is 2.45. The zero-order chi connectivity index (χ0) is 13.1. The van der Waals surface area contributed by atoms with Crippen LogP contribution in [0.25, 0.3) is 0 Å². The Kier molecular flexibility index (Phi) is 4.55. The molecule has 3 atom stereocenters. The van der Waals surface area contributed by atoms with Gasteiger partial charge in [-0.1, -0.05) is 12.1 Å². The Balaban J connectivity index is 2.23. The van der Waals surface area contributed by atoms with Gasteiger partial charge < -0.3 is 9.57 Å². The molecular weight excluding hydrogens is 260 g/mol. The first-order valence-corrected chi connectivity index (χ1v) is 6.32. The van der Waals surface area contributed by atoms with Crippen molar-refractivity contribution in [2.24, 2.45) is 5.92 Å². The fourth-order valence-electron chi connectivity index (χ4n) is 2.12. The van der Waals surface area contributed by atoms with E-state index in [0.717, 1.165) is 6.07 Å². The molecule has 0 bridgehead atoms. The normalized spacial score (nSPS) is 25.3. The molecule has 0 amide bonds. The molecule has 0 aliphatic carbocycles. The SMILES string of the molecule is CC(OCS)C1CONC1c1cccc(F)c1F. The van der Waals surface area contributed by atoms with Crippen LogP contribution >= 0.6 is 12.6 Å². The first-order chi connectivity index (χ1) is 8.65. The van der Waals surface area contributed by atoms with Crippen LogP contribution in [0, 0.1) is 17.6 Å². The average molecular weight is 275 g/mol. The van der Waals surface area contributed by atoms with Crippen molar-refractivity contribution < 1.29 is 18.4 Å². The van der Waals surface area contributed by atoms with Gasteiger partial charge in [-0.25, -0.2) is 8.78 Å². The van der Waals surface area contributed by atoms with Crippen LogP contribution in [0.3, 0.4) is 0 Å². The molecule has 3 unspecified atom stereocenters. The minimum absolute atomic E-state index is 0.0894. The van der Waals surface area contributed by atoms with Crippen molar-refractivity contribution in [3.05, 3.63) is 35.4 Å². The van der Waals surface area contributed by atoms with Crippen LogP contribution < -0.4 is 5.48 Å². The summed E-state index contributed by atoms with van der Waals surface area (Å²) in [5, 5.41) is 0. The van der Waals surface area contributed by atoms with Gasteiger partial charge in [0.05, 0.1) is 24.7 Å². The smallest absolute Gasteiger partial charge is 0.163 e. The fraction of sp³-hybridized carbons (Fsp3) is 0.500. The Hall–Kier alpha value is -0.690. The van der Waals surface area contributed by atoms with Crippen LogP contribution in [-0.4, -0.2) is 18.6 Å². The lowest BCUT2D eigenvalue weighted by atomic mass is 9.91. The number of rotatable bonds is 4. The molecule has 1 N–H and O–H groups in total. The van der Waals surface area contributed by atoms with Crippen LogP contribution in [0.5, 0.6) is 0 Å². The van der Waals surface area contributed by atoms with Crippen molar-refractivity contribution in [2.45, 2.75) is 19.1 Å². The third-order valence-electron chi connectivity index (χ3n) is 3.17. The van der Waals surface area contributed by atoms with Crippen molar-refractivity contribution in [1.82, 2.24) is 5.48 Å². The number of benzene rings is 1. The average Bonchev–Trinajstić information content (AvgIpc) is 2.82. The highest BCUT2D eigenvalue weighted by Gasteiger charge is 2.36. The summed E-state index contributed by atoms with van der Waals surface area (Å²) in [6.07, 6.45) is -0.162. The highest BCUT2D eigenvalue weighted by Crippen LogP contribution is 2.32. The number of hydroxylamine groups is 1. The number of halogens is 2. The number of hydrogen-bond donors (Lipinski definition) is 2. The maximum atomic E-state index is 13.7. The molecule has 0 saturated carbocycles. The summed E-state index contributed by atoms with van der Waals surface area (Å²) < 4.78 is 32.3. The molecule has 1 aromatic carbocycles. The quantitative estimate of drug-likeness (QED) is 0.653. The van der Waals surface area contributed by atoms with Gasteiger partial charge in [-0.2, -0.15) is 18.1 Å². The van der Waals surface area contributed by atoms with Crippen LogP contribution in [0.1, 0.15) is 18.5 Å². The second kappa shape index (κ2) is 5.97. The van der Waals surface area contributed by atoms with Crippen molar-refractivity contribution in [3.8, 4) is 0 Å². The predicted molar refractivity (Wildman–Crippen MR) is 66.1 cm³/mol. The first-order valence-electron chi connectivity index (χ1n) is 5.69. The van der Waals surface area contributed by atoms with E-state index in [4.69, 9.17) is 9.57 Å². The van der Waals surface area contributed by atoms with Crippen LogP contribution in [0.4, 0.5) is 8.78 Å². The lowest BCUT2D eigenvalue weighted by Gasteiger charge is -2.23. The third-order valence-corrected chi connectivity index (χ3v) is 3.32. The first kappa shape index (κ1) is 13.7. The molecule has 1 aromatic rings. The highest BCUT2D eigenvalue weighted by molar-refractivity contribution is 7.80. The van der Waals surface area contributed by atoms with Gasteiger partial charge in [0.25, 0.3) is 0 Å². The second-order valence-electron chi connectivity index (χ2n) is 4.21. The lowest BCUT2D eigenvalue weighted by molar-refractivity contribution is 0.0428. The van der Waals surface area contributed by atoms with Gasteiger partial charge in [-0.15, -0.1) is 0 Å². The summed E-state index contributed by atoms with van der Waals surface area (Å²) in [7, 11) is 0. The molecule has 1 saturated heterocycles. The molecule has 6 heteroatoms. The van der Waals surface area contributed by atoms with Crippen LogP contribution in [0.2, 0.25) is 0 Å². The van der Waals surface area contributed by atoms with E-state index in [2.05, 4.69) is 18.1 Å². The van der Waals surface area contributed by atoms with Gasteiger partial charge in [0.1, 0.15) is 0 Å². The van der Waals surface area contributed by atoms with Gasteiger partial charge in [-0.05, 0) is 13.0 Å². The lowest BCUT2D eigenvalue weighted by Crippen LogP contribution is -2.29. The molecule has 1 aliphatic heterocycles. The molecule has 0 spiro atoms. The van der Waals surface area contributed by atoms with E-state index in [1.54, 1.807) is 6.07 Å². The van der Waals surface area contributed by atoms with E-state index >= 15 is 0 Å². The van der Waals surface area contributed by atoms with Gasteiger partial charge in [0.2, 0.25) is 0 Å². The van der Waals surface area contributed by atoms with Crippen molar-refractivity contribution in [2.75, 3.05) is 12.5 Å². The minimum atomic E-state index is -0.859. The summed E-state index contributed by atoms with van der Waals surface area (Å²) in [6.45, 7) is 2.25. The topological polar surface area (TPSA) is 30.5 Å². The van der Waals surface area contributed by atoms with Crippen molar-refractivity contribution >= 4 is 12.6 Å². The summed E-state index contributed by atoms with van der Waals surface area (Å²) in [5.74, 6) is -1.52. The number of ether oxygens (including phenoxy) is 1. The van der Waals surface area contributed by atoms with Crippen molar-refractivity contribution in [3.63, 3.8) is 0 Å². The number of thiol groups is 1. The Bertz CT molecular complexity index is 419. The van der Waals surface area contributed by atoms with Crippen LogP contribution in [0.15, 0.2) is 18.2 Å². The van der Waals surface area contributed by atoms with E-state index in [9.17, 15) is 8.78 Å². The van der Waals surface area contributed by atoms with E-state index in [1.807, 2.05) is 6.92 Å².